The summed E-state index contributed by atoms with van der Waals surface area (Å²) in [4.78, 5) is 4.36. The van der Waals surface area contributed by atoms with Gasteiger partial charge < -0.3 is 10.4 Å². The van der Waals surface area contributed by atoms with Gasteiger partial charge in [-0.1, -0.05) is 13.8 Å². The highest BCUT2D eigenvalue weighted by Gasteiger charge is 2.07. The van der Waals surface area contributed by atoms with E-state index in [9.17, 15) is 5.11 Å². The summed E-state index contributed by atoms with van der Waals surface area (Å²) in [5.74, 6) is 1.26. The van der Waals surface area contributed by atoms with Crippen LogP contribution in [0.1, 0.15) is 20.3 Å². The molecule has 0 spiro atoms. The Bertz CT molecular complexity index is 480. The Morgan fingerprint density at radius 2 is 2.24 bits per heavy atom. The normalized spacial score (nSPS) is 13.2. The van der Waals surface area contributed by atoms with Crippen molar-refractivity contribution in [2.75, 3.05) is 11.9 Å². The molecule has 0 aromatic carbocycles. The molecule has 2 aromatic heterocycles. The smallest absolute Gasteiger partial charge is 0.157 e. The van der Waals surface area contributed by atoms with Crippen LogP contribution in [0.4, 0.5) is 5.82 Å². The van der Waals surface area contributed by atoms with Crippen molar-refractivity contribution in [3.05, 3.63) is 24.5 Å². The fourth-order valence-electron chi connectivity index (χ4n) is 1.76. The molecule has 5 heteroatoms. The summed E-state index contributed by atoms with van der Waals surface area (Å²) in [5, 5.41) is 16.9. The quantitative estimate of drug-likeness (QED) is 0.824. The molecule has 0 aliphatic carbocycles. The largest absolute Gasteiger partial charge is 0.391 e. The molecule has 0 aliphatic rings. The van der Waals surface area contributed by atoms with E-state index in [1.807, 2.05) is 18.3 Å². The molecule has 0 amide bonds. The lowest BCUT2D eigenvalue weighted by Gasteiger charge is -2.14. The van der Waals surface area contributed by atoms with Gasteiger partial charge in [0, 0.05) is 18.8 Å². The number of anilines is 1. The van der Waals surface area contributed by atoms with Crippen LogP contribution in [-0.4, -0.2) is 32.4 Å². The van der Waals surface area contributed by atoms with Gasteiger partial charge in [-0.25, -0.2) is 9.50 Å². The van der Waals surface area contributed by atoms with Crippen LogP contribution in [0, 0.1) is 5.92 Å². The zero-order valence-corrected chi connectivity index (χ0v) is 10.2. The van der Waals surface area contributed by atoms with Gasteiger partial charge in [0.25, 0.3) is 0 Å². The number of nitrogens with one attached hydrogen (secondary N) is 1. The summed E-state index contributed by atoms with van der Waals surface area (Å²) in [5.41, 5.74) is 0.799. The maximum Gasteiger partial charge on any atom is 0.157 e. The van der Waals surface area contributed by atoms with Gasteiger partial charge in [-0.15, -0.1) is 0 Å². The van der Waals surface area contributed by atoms with Crippen LogP contribution >= 0.6 is 0 Å². The van der Waals surface area contributed by atoms with Crippen LogP contribution in [0.2, 0.25) is 0 Å². The number of rotatable bonds is 5. The van der Waals surface area contributed by atoms with Crippen LogP contribution in [0.25, 0.3) is 5.65 Å². The topological polar surface area (TPSA) is 62.5 Å². The van der Waals surface area contributed by atoms with Crippen molar-refractivity contribution in [1.29, 1.82) is 0 Å². The first-order valence-corrected chi connectivity index (χ1v) is 5.87. The number of aliphatic hydroxyl groups is 1. The van der Waals surface area contributed by atoms with Crippen molar-refractivity contribution in [3.8, 4) is 0 Å². The van der Waals surface area contributed by atoms with Gasteiger partial charge in [-0.05, 0) is 18.4 Å². The molecule has 0 aliphatic heterocycles. The Labute approximate surface area is 100 Å². The Morgan fingerprint density at radius 3 is 3.00 bits per heavy atom. The highest BCUT2D eigenvalue weighted by Crippen LogP contribution is 2.08. The summed E-state index contributed by atoms with van der Waals surface area (Å²) in [6, 6.07) is 3.69. The van der Waals surface area contributed by atoms with Crippen molar-refractivity contribution in [2.24, 2.45) is 5.92 Å². The second kappa shape index (κ2) is 5.14. The maximum atomic E-state index is 9.75. The Balaban J connectivity index is 1.94. The number of hydrogen-bond donors (Lipinski definition) is 2. The molecule has 2 heterocycles. The second-order valence-electron chi connectivity index (χ2n) is 4.61. The van der Waals surface area contributed by atoms with Crippen LogP contribution in [0.5, 0.6) is 0 Å². The molecule has 2 rings (SSSR count). The van der Waals surface area contributed by atoms with Crippen LogP contribution in [-0.2, 0) is 0 Å². The predicted octanol–water partition coefficient (Wildman–Crippen LogP) is 1.55. The zero-order valence-electron chi connectivity index (χ0n) is 10.2. The standard InChI is InChI=1S/C12H18N4O/c1-9(2)7-10(17)8-13-11-4-6-16-12(15-11)3-5-14-16/h3-6,9-10,17H,7-8H2,1-2H3,(H,13,15). The van der Waals surface area contributed by atoms with Gasteiger partial charge >= 0.3 is 0 Å². The lowest BCUT2D eigenvalue weighted by molar-refractivity contribution is 0.161. The first-order chi connectivity index (χ1) is 8.15. The first kappa shape index (κ1) is 11.9. The number of aliphatic hydroxyl groups excluding tert-OH is 1. The van der Waals surface area contributed by atoms with Gasteiger partial charge in [-0.2, -0.15) is 5.10 Å². The zero-order chi connectivity index (χ0) is 12.3. The Kier molecular flexibility index (Phi) is 3.58. The van der Waals surface area contributed by atoms with E-state index in [0.717, 1.165) is 17.9 Å². The van der Waals surface area contributed by atoms with E-state index in [-0.39, 0.29) is 6.10 Å². The van der Waals surface area contributed by atoms with Crippen LogP contribution in [0.15, 0.2) is 24.5 Å². The lowest BCUT2D eigenvalue weighted by atomic mass is 10.1. The van der Waals surface area contributed by atoms with E-state index < -0.39 is 0 Å². The maximum absolute atomic E-state index is 9.75. The van der Waals surface area contributed by atoms with Gasteiger partial charge in [-0.3, -0.25) is 0 Å². The molecule has 0 saturated carbocycles. The van der Waals surface area contributed by atoms with E-state index in [1.54, 1.807) is 10.7 Å². The van der Waals surface area contributed by atoms with Crippen molar-refractivity contribution in [2.45, 2.75) is 26.4 Å². The van der Waals surface area contributed by atoms with Gasteiger partial charge in [0.05, 0.1) is 12.3 Å². The average molecular weight is 234 g/mol. The molecule has 2 aromatic rings. The van der Waals surface area contributed by atoms with Crippen molar-refractivity contribution >= 4 is 11.5 Å². The van der Waals surface area contributed by atoms with E-state index in [0.29, 0.717) is 12.5 Å². The summed E-state index contributed by atoms with van der Waals surface area (Å²) < 4.78 is 1.70. The SMILES string of the molecule is CC(C)CC(O)CNc1ccn2nccc2n1. The summed E-state index contributed by atoms with van der Waals surface area (Å²) in [6.07, 6.45) is 4.01. The monoisotopic (exact) mass is 234 g/mol. The van der Waals surface area contributed by atoms with Crippen molar-refractivity contribution < 1.29 is 5.11 Å². The molecule has 0 bridgehead atoms. The fraction of sp³-hybridized carbons (Fsp3) is 0.500. The highest BCUT2D eigenvalue weighted by molar-refractivity contribution is 5.45. The highest BCUT2D eigenvalue weighted by atomic mass is 16.3. The second-order valence-corrected chi connectivity index (χ2v) is 4.61. The summed E-state index contributed by atoms with van der Waals surface area (Å²) >= 11 is 0. The minimum absolute atomic E-state index is 0.335. The molecule has 0 saturated heterocycles. The Hall–Kier alpha value is -1.62. The molecule has 2 N–H and O–H groups in total. The van der Waals surface area contributed by atoms with Crippen LogP contribution < -0.4 is 5.32 Å². The molecular weight excluding hydrogens is 216 g/mol. The fourth-order valence-corrected chi connectivity index (χ4v) is 1.76. The molecule has 5 nitrogen and oxygen atoms in total. The summed E-state index contributed by atoms with van der Waals surface area (Å²) in [7, 11) is 0. The van der Waals surface area contributed by atoms with Crippen LogP contribution in [0.3, 0.4) is 0 Å². The first-order valence-electron chi connectivity index (χ1n) is 5.87. The van der Waals surface area contributed by atoms with Crippen molar-refractivity contribution in [1.82, 2.24) is 14.6 Å². The minimum atomic E-state index is -0.335. The molecule has 1 atom stereocenters. The van der Waals surface area contributed by atoms with E-state index in [2.05, 4.69) is 29.2 Å². The average Bonchev–Trinajstić information content (AvgIpc) is 2.72. The minimum Gasteiger partial charge on any atom is -0.391 e. The van der Waals surface area contributed by atoms with Crippen molar-refractivity contribution in [3.63, 3.8) is 0 Å². The third-order valence-corrected chi connectivity index (χ3v) is 2.52. The number of nitrogens with zero attached hydrogens (tertiary/aromatic N) is 3. The number of hydrogen-bond acceptors (Lipinski definition) is 4. The van der Waals surface area contributed by atoms with E-state index >= 15 is 0 Å². The van der Waals surface area contributed by atoms with Gasteiger partial charge in [0.2, 0.25) is 0 Å². The van der Waals surface area contributed by atoms with Gasteiger partial charge in [0.1, 0.15) is 5.82 Å². The van der Waals surface area contributed by atoms with Gasteiger partial charge in [0.15, 0.2) is 5.65 Å². The summed E-state index contributed by atoms with van der Waals surface area (Å²) in [6.45, 7) is 4.72. The number of fused-ring (bicyclic) bond motifs is 1. The molecule has 0 radical (unpaired) electrons. The predicted molar refractivity (Wildman–Crippen MR) is 66.9 cm³/mol. The third kappa shape index (κ3) is 3.17. The third-order valence-electron chi connectivity index (χ3n) is 2.52. The lowest BCUT2D eigenvalue weighted by Crippen LogP contribution is -2.21. The Morgan fingerprint density at radius 1 is 1.41 bits per heavy atom. The van der Waals surface area contributed by atoms with E-state index in [1.165, 1.54) is 0 Å². The molecular formula is C12H18N4O. The molecule has 0 fully saturated rings. The van der Waals surface area contributed by atoms with E-state index in [4.69, 9.17) is 0 Å². The molecule has 1 unspecified atom stereocenters. The molecule has 92 valence electrons. The molecule has 17 heavy (non-hydrogen) atoms. The number of aromatic nitrogens is 3.